The highest BCUT2D eigenvalue weighted by Crippen LogP contribution is 2.37. The molecule has 0 bridgehead atoms. The van der Waals surface area contributed by atoms with Gasteiger partial charge in [-0.15, -0.1) is 0 Å². The zero-order chi connectivity index (χ0) is 17.8. The van der Waals surface area contributed by atoms with Gasteiger partial charge in [-0.05, 0) is 29.8 Å². The summed E-state index contributed by atoms with van der Waals surface area (Å²) in [5.41, 5.74) is 4.27. The minimum absolute atomic E-state index is 0.432. The first-order valence-corrected chi connectivity index (χ1v) is 9.20. The predicted molar refractivity (Wildman–Crippen MR) is 97.0 cm³/mol. The number of piperazine rings is 1. The van der Waals surface area contributed by atoms with E-state index >= 15 is 0 Å². The lowest BCUT2D eigenvalue weighted by atomic mass is 9.96. The smallest absolute Gasteiger partial charge is 0.132 e. The molecule has 0 radical (unpaired) electrons. The average Bonchev–Trinajstić information content (AvgIpc) is 2.76. The Hall–Kier alpha value is -1.80. The number of benzene rings is 1. The van der Waals surface area contributed by atoms with Gasteiger partial charge in [-0.25, -0.2) is 9.19 Å². The molecule has 1 saturated heterocycles. The van der Waals surface area contributed by atoms with Crippen molar-refractivity contribution in [1.82, 2.24) is 9.88 Å². The molecule has 0 saturated carbocycles. The van der Waals surface area contributed by atoms with E-state index in [0.29, 0.717) is 6.04 Å². The second-order valence-electron chi connectivity index (χ2n) is 6.20. The Labute approximate surface area is 150 Å². The topological polar surface area (TPSA) is 68.7 Å². The van der Waals surface area contributed by atoms with Crippen LogP contribution >= 0.6 is 0 Å². The van der Waals surface area contributed by atoms with Crippen LogP contribution in [0.1, 0.15) is 22.7 Å². The molecule has 0 aliphatic carbocycles. The van der Waals surface area contributed by atoms with Crippen LogP contribution in [0.4, 0.5) is 5.82 Å². The van der Waals surface area contributed by atoms with Gasteiger partial charge >= 0.3 is 0 Å². The van der Waals surface area contributed by atoms with Gasteiger partial charge in [0.25, 0.3) is 0 Å². The maximum absolute atomic E-state index is 9.15. The van der Waals surface area contributed by atoms with E-state index in [4.69, 9.17) is 8.76 Å². The SMILES string of the molecule is CN1CCN2c3ncccc3Cc3ccccc3C2C1.COS(=O)[O-]. The lowest BCUT2D eigenvalue weighted by Crippen LogP contribution is -2.47. The van der Waals surface area contributed by atoms with Gasteiger partial charge < -0.3 is 18.5 Å². The van der Waals surface area contributed by atoms with Gasteiger partial charge in [-0.2, -0.15) is 0 Å². The van der Waals surface area contributed by atoms with Gasteiger partial charge in [0, 0.05) is 32.3 Å². The Morgan fingerprint density at radius 1 is 1.20 bits per heavy atom. The van der Waals surface area contributed by atoms with Gasteiger partial charge in [0.2, 0.25) is 0 Å². The minimum atomic E-state index is -2.32. The summed E-state index contributed by atoms with van der Waals surface area (Å²) in [7, 11) is 3.30. The second-order valence-corrected chi connectivity index (χ2v) is 6.95. The van der Waals surface area contributed by atoms with Crippen molar-refractivity contribution in [2.75, 3.05) is 38.7 Å². The lowest BCUT2D eigenvalue weighted by Gasteiger charge is -2.41. The van der Waals surface area contributed by atoms with Crippen LogP contribution in [0.5, 0.6) is 0 Å². The van der Waals surface area contributed by atoms with Crippen molar-refractivity contribution in [2.45, 2.75) is 12.5 Å². The van der Waals surface area contributed by atoms with Gasteiger partial charge in [0.1, 0.15) is 5.82 Å². The molecule has 2 atom stereocenters. The summed E-state index contributed by atoms with van der Waals surface area (Å²) in [5, 5.41) is 0. The van der Waals surface area contributed by atoms with Gasteiger partial charge in [0.05, 0.1) is 24.5 Å². The fourth-order valence-electron chi connectivity index (χ4n) is 3.49. The monoisotopic (exact) mass is 360 g/mol. The van der Waals surface area contributed by atoms with Gasteiger partial charge in [0.15, 0.2) is 0 Å². The highest BCUT2D eigenvalue weighted by Gasteiger charge is 2.32. The number of rotatable bonds is 1. The number of hydrogen-bond acceptors (Lipinski definition) is 6. The Kier molecular flexibility index (Phi) is 5.80. The largest absolute Gasteiger partial charge is 0.750 e. The van der Waals surface area contributed by atoms with Crippen LogP contribution in [0.3, 0.4) is 0 Å². The molecular weight excluding hydrogens is 338 g/mol. The number of pyridine rings is 1. The van der Waals surface area contributed by atoms with Crippen molar-refractivity contribution in [3.8, 4) is 0 Å². The predicted octanol–water partition coefficient (Wildman–Crippen LogP) is 1.91. The van der Waals surface area contributed by atoms with E-state index in [0.717, 1.165) is 33.2 Å². The molecule has 7 heteroatoms. The normalized spacial score (nSPS) is 20.3. The first kappa shape index (κ1) is 18.0. The van der Waals surface area contributed by atoms with Crippen LogP contribution in [0.25, 0.3) is 0 Å². The number of likely N-dealkylation sites (N-methyl/N-ethyl adjacent to an activating group) is 1. The van der Waals surface area contributed by atoms with E-state index < -0.39 is 11.4 Å². The Morgan fingerprint density at radius 2 is 1.92 bits per heavy atom. The van der Waals surface area contributed by atoms with Gasteiger partial charge in [-0.1, -0.05) is 30.3 Å². The molecule has 25 heavy (non-hydrogen) atoms. The van der Waals surface area contributed by atoms with E-state index in [1.54, 1.807) is 0 Å². The molecule has 3 heterocycles. The van der Waals surface area contributed by atoms with E-state index in [2.05, 4.69) is 62.4 Å². The van der Waals surface area contributed by atoms with Crippen molar-refractivity contribution in [3.63, 3.8) is 0 Å². The number of aromatic nitrogens is 1. The Bertz CT molecular complexity index is 756. The van der Waals surface area contributed by atoms with E-state index in [1.165, 1.54) is 22.5 Å². The summed E-state index contributed by atoms with van der Waals surface area (Å²) in [6, 6.07) is 13.6. The molecule has 2 aliphatic heterocycles. The summed E-state index contributed by atoms with van der Waals surface area (Å²) in [6.07, 6.45) is 2.92. The maximum atomic E-state index is 9.15. The third-order valence-corrected chi connectivity index (χ3v) is 4.93. The Balaban J connectivity index is 0.000000324. The summed E-state index contributed by atoms with van der Waals surface area (Å²) in [5.74, 6) is 1.18. The third-order valence-electron chi connectivity index (χ3n) is 4.65. The van der Waals surface area contributed by atoms with Gasteiger partial charge in [-0.3, -0.25) is 0 Å². The molecule has 0 amide bonds. The summed E-state index contributed by atoms with van der Waals surface area (Å²) in [4.78, 5) is 9.60. The fraction of sp³-hybridized carbons (Fsp3) is 0.389. The molecule has 2 unspecified atom stereocenters. The zero-order valence-electron chi connectivity index (χ0n) is 14.4. The quantitative estimate of drug-likeness (QED) is 0.724. The lowest BCUT2D eigenvalue weighted by molar-refractivity contribution is 0.268. The van der Waals surface area contributed by atoms with Crippen LogP contribution in [0, 0.1) is 0 Å². The zero-order valence-corrected chi connectivity index (χ0v) is 15.2. The van der Waals surface area contributed by atoms with E-state index in [1.807, 2.05) is 6.20 Å². The molecule has 1 aromatic carbocycles. The molecule has 2 aromatic rings. The van der Waals surface area contributed by atoms with E-state index in [9.17, 15) is 0 Å². The summed E-state index contributed by atoms with van der Waals surface area (Å²) < 4.78 is 22.0. The fourth-order valence-corrected chi connectivity index (χ4v) is 3.49. The number of anilines is 1. The van der Waals surface area contributed by atoms with Crippen LogP contribution in [0.2, 0.25) is 0 Å². The molecule has 1 aromatic heterocycles. The minimum Gasteiger partial charge on any atom is -0.750 e. The van der Waals surface area contributed by atoms with Crippen molar-refractivity contribution in [2.24, 2.45) is 0 Å². The molecule has 6 nitrogen and oxygen atoms in total. The second kappa shape index (κ2) is 8.05. The standard InChI is InChI=1S/C17H19N3.CH4O3S/c1-19-9-10-20-16(12-19)15-7-3-2-5-13(15)11-14-6-4-8-18-17(14)20;1-4-5(2)3/h2-8,16H,9-12H2,1H3;1H3,(H,2,3)/p-1. The van der Waals surface area contributed by atoms with E-state index in [-0.39, 0.29) is 0 Å². The first-order valence-electron chi connectivity index (χ1n) is 8.20. The summed E-state index contributed by atoms with van der Waals surface area (Å²) in [6.45, 7) is 3.24. The van der Waals surface area contributed by atoms with Crippen molar-refractivity contribution in [3.05, 3.63) is 59.3 Å². The average molecular weight is 360 g/mol. The summed E-state index contributed by atoms with van der Waals surface area (Å²) >= 11 is -2.32. The molecule has 134 valence electrons. The van der Waals surface area contributed by atoms with Crippen molar-refractivity contribution in [1.29, 1.82) is 0 Å². The van der Waals surface area contributed by atoms with Crippen LogP contribution in [-0.2, 0) is 22.0 Å². The highest BCUT2D eigenvalue weighted by atomic mass is 32.2. The molecular formula is C18H22N3O3S-. The van der Waals surface area contributed by atoms with Crippen molar-refractivity contribution < 1.29 is 12.9 Å². The van der Waals surface area contributed by atoms with Crippen molar-refractivity contribution >= 4 is 17.2 Å². The molecule has 1 fully saturated rings. The molecule has 0 N–H and O–H groups in total. The van der Waals surface area contributed by atoms with Crippen LogP contribution in [0.15, 0.2) is 42.6 Å². The maximum Gasteiger partial charge on any atom is 0.132 e. The molecule has 2 aliphatic rings. The first-order chi connectivity index (χ1) is 12.1. The molecule has 0 spiro atoms. The van der Waals surface area contributed by atoms with Crippen LogP contribution in [-0.4, -0.2) is 52.4 Å². The van der Waals surface area contributed by atoms with Crippen LogP contribution < -0.4 is 4.90 Å². The number of hydrogen-bond donors (Lipinski definition) is 0. The highest BCUT2D eigenvalue weighted by molar-refractivity contribution is 7.74. The number of nitrogens with zero attached hydrogens (tertiary/aromatic N) is 3. The number of fused-ring (bicyclic) bond motifs is 5. The molecule has 4 rings (SSSR count). The third kappa shape index (κ3) is 4.07. The Morgan fingerprint density at radius 3 is 2.68 bits per heavy atom.